The topological polar surface area (TPSA) is 12.0 Å². The molecule has 0 atom stereocenters. The van der Waals surface area contributed by atoms with Gasteiger partial charge in [0.25, 0.3) is 0 Å². The van der Waals surface area contributed by atoms with Crippen LogP contribution in [0.3, 0.4) is 0 Å². The summed E-state index contributed by atoms with van der Waals surface area (Å²) in [4.78, 5) is 0. The summed E-state index contributed by atoms with van der Waals surface area (Å²) in [6, 6.07) is 84.0. The van der Waals surface area contributed by atoms with Gasteiger partial charge in [-0.05, 0) is 166 Å². The van der Waals surface area contributed by atoms with Gasteiger partial charge in [-0.3, -0.25) is 0 Å². The summed E-state index contributed by atoms with van der Waals surface area (Å²) in [7, 11) is 0. The molecule has 1 nitrogen and oxygen atoms in total. The molecule has 0 amide bonds. The summed E-state index contributed by atoms with van der Waals surface area (Å²) in [5, 5.41) is 11.6. The molecule has 0 spiro atoms. The molecule has 11 aromatic rings. The first-order valence-corrected chi connectivity index (χ1v) is 24.2. The van der Waals surface area contributed by atoms with Crippen molar-refractivity contribution in [3.63, 3.8) is 0 Å². The Bertz CT molecular complexity index is 3630. The van der Waals surface area contributed by atoms with Crippen molar-refractivity contribution >= 4 is 43.7 Å². The standard InChI is InChI=1S/C34H26.C33H27N/c1-22-9-2-3-10-25(22)32-16-8-15-26(34(32)23-17-18-23)24-19-20-31-29-13-5-4-11-27(29)28-12-6-7-14-30(28)33(31)21-24;1-33(2)31-11-7-6-10-29(31)30-21-20-28(22-32(30)33)34-27-18-16-26(17-19-27)25-14-12-24(13-15-25)23-8-4-3-5-9-23/h2-16,19-21,23H,17-18H2,1H3;3-22,34H,1-2H3. The number of aryl methyl sites for hydroxylation is 1. The number of hydrogen-bond donors (Lipinski definition) is 1. The highest BCUT2D eigenvalue weighted by Gasteiger charge is 2.35. The monoisotopic (exact) mass is 871 g/mol. The Balaban J connectivity index is 0.000000141. The lowest BCUT2D eigenvalue weighted by molar-refractivity contribution is 0.660. The number of rotatable bonds is 7. The molecule has 1 saturated carbocycles. The van der Waals surface area contributed by atoms with Gasteiger partial charge in [0.1, 0.15) is 0 Å². The molecule has 1 fully saturated rings. The fourth-order valence-electron chi connectivity index (χ4n) is 11.0. The van der Waals surface area contributed by atoms with Gasteiger partial charge in [0.2, 0.25) is 0 Å². The van der Waals surface area contributed by atoms with Gasteiger partial charge >= 0.3 is 0 Å². The molecule has 0 heterocycles. The molecule has 1 N–H and O–H groups in total. The van der Waals surface area contributed by atoms with Crippen molar-refractivity contribution in [2.75, 3.05) is 5.32 Å². The average Bonchev–Trinajstić information content (AvgIpc) is 4.22. The van der Waals surface area contributed by atoms with Crippen LogP contribution in [0.5, 0.6) is 0 Å². The normalized spacial score (nSPS) is 13.5. The summed E-state index contributed by atoms with van der Waals surface area (Å²) in [6.45, 7) is 6.87. The smallest absolute Gasteiger partial charge is 0.0387 e. The molecule has 68 heavy (non-hydrogen) atoms. The highest BCUT2D eigenvalue weighted by molar-refractivity contribution is 6.25. The maximum Gasteiger partial charge on any atom is 0.0387 e. The molecule has 1 heteroatoms. The van der Waals surface area contributed by atoms with Crippen molar-refractivity contribution in [2.45, 2.75) is 44.9 Å². The second-order valence-corrected chi connectivity index (χ2v) is 19.3. The van der Waals surface area contributed by atoms with Gasteiger partial charge in [0.05, 0.1) is 0 Å². The molecule has 0 unspecified atom stereocenters. The molecule has 0 radical (unpaired) electrons. The molecule has 0 aromatic heterocycles. The molecule has 13 rings (SSSR count). The van der Waals surface area contributed by atoms with E-state index in [9.17, 15) is 0 Å². The largest absolute Gasteiger partial charge is 0.356 e. The first-order chi connectivity index (χ1) is 33.4. The van der Waals surface area contributed by atoms with E-state index < -0.39 is 0 Å². The van der Waals surface area contributed by atoms with Crippen LogP contribution in [0.25, 0.3) is 88.0 Å². The highest BCUT2D eigenvalue weighted by Crippen LogP contribution is 2.51. The second-order valence-electron chi connectivity index (χ2n) is 19.3. The zero-order valence-corrected chi connectivity index (χ0v) is 38.9. The molecule has 11 aromatic carbocycles. The lowest BCUT2D eigenvalue weighted by Gasteiger charge is -2.22. The Morgan fingerprint density at radius 3 is 1.46 bits per heavy atom. The van der Waals surface area contributed by atoms with Crippen LogP contribution in [0.15, 0.2) is 231 Å². The van der Waals surface area contributed by atoms with Crippen LogP contribution in [-0.4, -0.2) is 0 Å². The molecular formula is C67H53N. The number of benzene rings is 11. The molecule has 0 bridgehead atoms. The molecule has 2 aliphatic carbocycles. The van der Waals surface area contributed by atoms with E-state index >= 15 is 0 Å². The fraction of sp³-hybridized carbons (Fsp3) is 0.104. The number of nitrogens with one attached hydrogen (secondary N) is 1. The summed E-state index contributed by atoms with van der Waals surface area (Å²) < 4.78 is 0. The predicted molar refractivity (Wildman–Crippen MR) is 291 cm³/mol. The van der Waals surface area contributed by atoms with Crippen molar-refractivity contribution in [3.8, 4) is 55.6 Å². The van der Waals surface area contributed by atoms with Gasteiger partial charge in [-0.25, -0.2) is 0 Å². The Hall–Kier alpha value is -8.00. The Labute approximate surface area is 400 Å². The van der Waals surface area contributed by atoms with Crippen molar-refractivity contribution in [1.29, 1.82) is 0 Å². The highest BCUT2D eigenvalue weighted by atomic mass is 14.9. The lowest BCUT2D eigenvalue weighted by Crippen LogP contribution is -2.15. The summed E-state index contributed by atoms with van der Waals surface area (Å²) >= 11 is 0. The first-order valence-electron chi connectivity index (χ1n) is 24.2. The minimum Gasteiger partial charge on any atom is -0.356 e. The molecule has 0 saturated heterocycles. The van der Waals surface area contributed by atoms with Crippen LogP contribution < -0.4 is 5.32 Å². The zero-order chi connectivity index (χ0) is 45.8. The third-order valence-electron chi connectivity index (χ3n) is 14.7. The summed E-state index contributed by atoms with van der Waals surface area (Å²) in [5.41, 5.74) is 21.0. The van der Waals surface area contributed by atoms with Crippen molar-refractivity contribution in [2.24, 2.45) is 0 Å². The summed E-state index contributed by atoms with van der Waals surface area (Å²) in [6.07, 6.45) is 2.58. The number of anilines is 2. The van der Waals surface area contributed by atoms with Gasteiger partial charge in [0, 0.05) is 16.8 Å². The Kier molecular flexibility index (Phi) is 10.4. The predicted octanol–water partition coefficient (Wildman–Crippen LogP) is 18.7. The first kappa shape index (κ1) is 41.4. The van der Waals surface area contributed by atoms with Crippen LogP contribution in [0.1, 0.15) is 54.9 Å². The minimum absolute atomic E-state index is 0.0133. The van der Waals surface area contributed by atoms with Crippen LogP contribution in [0, 0.1) is 6.92 Å². The van der Waals surface area contributed by atoms with Gasteiger partial charge in [-0.2, -0.15) is 0 Å². The SMILES string of the molecule is CC1(C)c2ccccc2-c2ccc(Nc3ccc(-c4ccc(-c5ccccc5)cc4)cc3)cc21.Cc1ccccc1-c1cccc(-c2ccc3c4ccccc4c4ccccc4c3c2)c1C1CC1. The average molecular weight is 872 g/mol. The second kappa shape index (κ2) is 17.0. The van der Waals surface area contributed by atoms with E-state index in [4.69, 9.17) is 0 Å². The maximum atomic E-state index is 3.61. The van der Waals surface area contributed by atoms with E-state index in [2.05, 4.69) is 257 Å². The van der Waals surface area contributed by atoms with Crippen LogP contribution in [0.4, 0.5) is 11.4 Å². The lowest BCUT2D eigenvalue weighted by atomic mass is 9.82. The van der Waals surface area contributed by atoms with Crippen LogP contribution in [0.2, 0.25) is 0 Å². The maximum absolute atomic E-state index is 3.61. The quantitative estimate of drug-likeness (QED) is 0.157. The third-order valence-corrected chi connectivity index (χ3v) is 14.7. The van der Waals surface area contributed by atoms with E-state index in [0.29, 0.717) is 5.92 Å². The van der Waals surface area contributed by atoms with E-state index in [-0.39, 0.29) is 5.41 Å². The fourth-order valence-corrected chi connectivity index (χ4v) is 11.0. The molecule has 2 aliphatic rings. The van der Waals surface area contributed by atoms with Crippen LogP contribution >= 0.6 is 0 Å². The Morgan fingerprint density at radius 1 is 0.338 bits per heavy atom. The molecular weight excluding hydrogens is 819 g/mol. The number of hydrogen-bond acceptors (Lipinski definition) is 1. The van der Waals surface area contributed by atoms with E-state index in [1.807, 2.05) is 0 Å². The third kappa shape index (κ3) is 7.45. The summed E-state index contributed by atoms with van der Waals surface area (Å²) in [5.74, 6) is 0.662. The van der Waals surface area contributed by atoms with E-state index in [0.717, 1.165) is 11.4 Å². The van der Waals surface area contributed by atoms with Crippen molar-refractivity contribution < 1.29 is 0 Å². The van der Waals surface area contributed by atoms with Gasteiger partial charge in [-0.15, -0.1) is 0 Å². The van der Waals surface area contributed by atoms with E-state index in [1.54, 1.807) is 0 Å². The van der Waals surface area contributed by atoms with Crippen molar-refractivity contribution in [1.82, 2.24) is 0 Å². The van der Waals surface area contributed by atoms with Gasteiger partial charge in [-0.1, -0.05) is 214 Å². The molecule has 326 valence electrons. The van der Waals surface area contributed by atoms with Crippen LogP contribution in [-0.2, 0) is 5.41 Å². The number of fused-ring (bicyclic) bond motifs is 9. The Morgan fingerprint density at radius 2 is 0.809 bits per heavy atom. The molecule has 0 aliphatic heterocycles. The minimum atomic E-state index is 0.0133. The van der Waals surface area contributed by atoms with Gasteiger partial charge in [0.15, 0.2) is 0 Å². The zero-order valence-electron chi connectivity index (χ0n) is 38.9. The van der Waals surface area contributed by atoms with Gasteiger partial charge < -0.3 is 5.32 Å². The van der Waals surface area contributed by atoms with Crippen molar-refractivity contribution in [3.05, 3.63) is 253 Å². The van der Waals surface area contributed by atoms with E-state index in [1.165, 1.54) is 123 Å².